The molecule has 1 aromatic rings. The highest BCUT2D eigenvalue weighted by molar-refractivity contribution is 6.30. The average Bonchev–Trinajstić information content (AvgIpc) is 2.24. The molecule has 1 N–H and O–H groups in total. The van der Waals surface area contributed by atoms with Crippen LogP contribution in [0.25, 0.3) is 0 Å². The second-order valence-corrected chi connectivity index (χ2v) is 3.34. The molecule has 1 aromatic carbocycles. The van der Waals surface area contributed by atoms with Gasteiger partial charge in [-0.1, -0.05) is 23.7 Å². The van der Waals surface area contributed by atoms with E-state index in [9.17, 15) is 4.39 Å². The quantitative estimate of drug-likeness (QED) is 0.799. The monoisotopic (exact) mass is 224 g/mol. The van der Waals surface area contributed by atoms with Gasteiger partial charge in [0.2, 0.25) is 0 Å². The SMILES string of the molecule is C=CCNC(C#N)c1ccc(F)c(Cl)c1. The highest BCUT2D eigenvalue weighted by atomic mass is 35.5. The van der Waals surface area contributed by atoms with Gasteiger partial charge in [0, 0.05) is 6.54 Å². The highest BCUT2D eigenvalue weighted by Crippen LogP contribution is 2.20. The Bertz CT molecular complexity index is 398. The lowest BCUT2D eigenvalue weighted by Gasteiger charge is -2.10. The van der Waals surface area contributed by atoms with Crippen molar-refractivity contribution in [1.29, 1.82) is 5.26 Å². The predicted octanol–water partition coefficient (Wildman–Crippen LogP) is 2.82. The molecule has 0 heterocycles. The van der Waals surface area contributed by atoms with Gasteiger partial charge in [0.1, 0.15) is 11.9 Å². The zero-order valence-electron chi connectivity index (χ0n) is 8.00. The van der Waals surface area contributed by atoms with E-state index in [0.29, 0.717) is 12.1 Å². The van der Waals surface area contributed by atoms with E-state index < -0.39 is 11.9 Å². The minimum absolute atomic E-state index is 0.0214. The lowest BCUT2D eigenvalue weighted by atomic mass is 10.1. The van der Waals surface area contributed by atoms with Gasteiger partial charge in [-0.25, -0.2) is 4.39 Å². The summed E-state index contributed by atoms with van der Waals surface area (Å²) in [4.78, 5) is 0. The third-order valence-electron chi connectivity index (χ3n) is 1.87. The first-order chi connectivity index (χ1) is 7.19. The van der Waals surface area contributed by atoms with E-state index in [1.807, 2.05) is 0 Å². The maximum Gasteiger partial charge on any atom is 0.141 e. The Labute approximate surface area is 93.0 Å². The smallest absolute Gasteiger partial charge is 0.141 e. The molecule has 1 atom stereocenters. The third-order valence-corrected chi connectivity index (χ3v) is 2.16. The molecular formula is C11H10ClFN2. The fourth-order valence-corrected chi connectivity index (χ4v) is 1.32. The molecule has 2 nitrogen and oxygen atoms in total. The molecule has 1 rings (SSSR count). The number of halogens is 2. The molecule has 0 amide bonds. The van der Waals surface area contributed by atoms with Crippen LogP contribution in [0.1, 0.15) is 11.6 Å². The number of nitrogens with zero attached hydrogens (tertiary/aromatic N) is 1. The van der Waals surface area contributed by atoms with Crippen LogP contribution in [0.2, 0.25) is 5.02 Å². The Hall–Kier alpha value is -1.37. The average molecular weight is 225 g/mol. The molecule has 0 saturated heterocycles. The number of rotatable bonds is 4. The van der Waals surface area contributed by atoms with E-state index >= 15 is 0 Å². The Morgan fingerprint density at radius 2 is 2.40 bits per heavy atom. The molecule has 15 heavy (non-hydrogen) atoms. The zero-order chi connectivity index (χ0) is 11.3. The summed E-state index contributed by atoms with van der Waals surface area (Å²) in [7, 11) is 0. The van der Waals surface area contributed by atoms with Crippen LogP contribution < -0.4 is 5.32 Å². The van der Waals surface area contributed by atoms with Crippen LogP contribution in [-0.4, -0.2) is 6.54 Å². The van der Waals surface area contributed by atoms with E-state index in [1.165, 1.54) is 18.2 Å². The van der Waals surface area contributed by atoms with Gasteiger partial charge in [-0.15, -0.1) is 6.58 Å². The fourth-order valence-electron chi connectivity index (χ4n) is 1.13. The van der Waals surface area contributed by atoms with Crippen molar-refractivity contribution in [3.63, 3.8) is 0 Å². The Morgan fingerprint density at radius 1 is 1.67 bits per heavy atom. The number of hydrogen-bond donors (Lipinski definition) is 1. The van der Waals surface area contributed by atoms with Crippen molar-refractivity contribution in [2.24, 2.45) is 0 Å². The van der Waals surface area contributed by atoms with Gasteiger partial charge in [-0.2, -0.15) is 5.26 Å². The molecule has 1 unspecified atom stereocenters. The van der Waals surface area contributed by atoms with Gasteiger partial charge >= 0.3 is 0 Å². The number of hydrogen-bond acceptors (Lipinski definition) is 2. The standard InChI is InChI=1S/C11H10ClFN2/c1-2-5-15-11(7-14)8-3-4-10(13)9(12)6-8/h2-4,6,11,15H,1,5H2. The first-order valence-electron chi connectivity index (χ1n) is 4.38. The van der Waals surface area contributed by atoms with Gasteiger partial charge in [-0.05, 0) is 17.7 Å². The Morgan fingerprint density at radius 3 is 2.93 bits per heavy atom. The molecule has 0 aliphatic rings. The van der Waals surface area contributed by atoms with E-state index in [4.69, 9.17) is 16.9 Å². The second-order valence-electron chi connectivity index (χ2n) is 2.93. The van der Waals surface area contributed by atoms with E-state index in [-0.39, 0.29) is 5.02 Å². The minimum atomic E-state index is -0.499. The first-order valence-corrected chi connectivity index (χ1v) is 4.75. The summed E-state index contributed by atoms with van der Waals surface area (Å²) in [6, 6.07) is 5.79. The summed E-state index contributed by atoms with van der Waals surface area (Å²) in [5, 5.41) is 11.8. The molecule has 0 aromatic heterocycles. The fraction of sp³-hybridized carbons (Fsp3) is 0.182. The molecule has 0 aliphatic carbocycles. The Kier molecular flexibility index (Phi) is 4.29. The number of nitrogens with one attached hydrogen (secondary N) is 1. The van der Waals surface area contributed by atoms with Gasteiger partial charge in [0.25, 0.3) is 0 Å². The molecule has 78 valence electrons. The van der Waals surface area contributed by atoms with Crippen molar-refractivity contribution < 1.29 is 4.39 Å². The van der Waals surface area contributed by atoms with Crippen LogP contribution in [0.4, 0.5) is 4.39 Å². The predicted molar refractivity (Wildman–Crippen MR) is 58.0 cm³/mol. The van der Waals surface area contributed by atoms with Crippen molar-refractivity contribution in [2.45, 2.75) is 6.04 Å². The number of benzene rings is 1. The summed E-state index contributed by atoms with van der Waals surface area (Å²) in [6.45, 7) is 4.04. The Balaban J connectivity index is 2.88. The van der Waals surface area contributed by atoms with Crippen LogP contribution in [0, 0.1) is 17.1 Å². The van der Waals surface area contributed by atoms with Crippen LogP contribution in [0.3, 0.4) is 0 Å². The lowest BCUT2D eigenvalue weighted by molar-refractivity contribution is 0.624. The van der Waals surface area contributed by atoms with Crippen LogP contribution in [-0.2, 0) is 0 Å². The molecule has 0 saturated carbocycles. The van der Waals surface area contributed by atoms with Crippen LogP contribution in [0.5, 0.6) is 0 Å². The van der Waals surface area contributed by atoms with E-state index in [0.717, 1.165) is 0 Å². The molecule has 0 bridgehead atoms. The molecular weight excluding hydrogens is 215 g/mol. The topological polar surface area (TPSA) is 35.8 Å². The zero-order valence-corrected chi connectivity index (χ0v) is 8.76. The summed E-state index contributed by atoms with van der Waals surface area (Å²) in [5.74, 6) is -0.485. The van der Waals surface area contributed by atoms with Gasteiger partial charge in [0.05, 0.1) is 11.1 Å². The van der Waals surface area contributed by atoms with Crippen molar-refractivity contribution >= 4 is 11.6 Å². The summed E-state index contributed by atoms with van der Waals surface area (Å²) >= 11 is 5.62. The molecule has 0 fully saturated rings. The third kappa shape index (κ3) is 3.05. The molecule has 0 radical (unpaired) electrons. The normalized spacial score (nSPS) is 11.8. The van der Waals surface area contributed by atoms with Crippen molar-refractivity contribution in [3.8, 4) is 6.07 Å². The van der Waals surface area contributed by atoms with Gasteiger partial charge in [-0.3, -0.25) is 5.32 Å². The molecule has 4 heteroatoms. The molecule has 0 spiro atoms. The van der Waals surface area contributed by atoms with Crippen molar-refractivity contribution in [2.75, 3.05) is 6.54 Å². The summed E-state index contributed by atoms with van der Waals surface area (Å²) in [6.07, 6.45) is 1.65. The summed E-state index contributed by atoms with van der Waals surface area (Å²) in [5.41, 5.74) is 0.644. The largest absolute Gasteiger partial charge is 0.295 e. The van der Waals surface area contributed by atoms with Gasteiger partial charge in [0.15, 0.2) is 0 Å². The highest BCUT2D eigenvalue weighted by Gasteiger charge is 2.10. The summed E-state index contributed by atoms with van der Waals surface area (Å²) < 4.78 is 12.9. The number of nitriles is 1. The van der Waals surface area contributed by atoms with Gasteiger partial charge < -0.3 is 0 Å². The van der Waals surface area contributed by atoms with Crippen molar-refractivity contribution in [3.05, 3.63) is 47.3 Å². The minimum Gasteiger partial charge on any atom is -0.295 e. The molecule has 0 aliphatic heterocycles. The van der Waals surface area contributed by atoms with Crippen LogP contribution in [0.15, 0.2) is 30.9 Å². The van der Waals surface area contributed by atoms with E-state index in [2.05, 4.69) is 18.0 Å². The maximum atomic E-state index is 12.9. The maximum absolute atomic E-state index is 12.9. The lowest BCUT2D eigenvalue weighted by Crippen LogP contribution is -2.19. The van der Waals surface area contributed by atoms with Crippen molar-refractivity contribution in [1.82, 2.24) is 5.32 Å². The second kappa shape index (κ2) is 5.50. The van der Waals surface area contributed by atoms with E-state index in [1.54, 1.807) is 6.08 Å². The first kappa shape index (κ1) is 11.7. The van der Waals surface area contributed by atoms with Crippen LogP contribution >= 0.6 is 11.6 Å².